The zero-order valence-corrected chi connectivity index (χ0v) is 21.0. The van der Waals surface area contributed by atoms with Crippen molar-refractivity contribution in [3.05, 3.63) is 64.2 Å². The summed E-state index contributed by atoms with van der Waals surface area (Å²) in [4.78, 5) is 19.4. The molecule has 35 heavy (non-hydrogen) atoms. The predicted molar refractivity (Wildman–Crippen MR) is 130 cm³/mol. The van der Waals surface area contributed by atoms with Crippen LogP contribution in [0.25, 0.3) is 0 Å². The van der Waals surface area contributed by atoms with Crippen molar-refractivity contribution in [3.63, 3.8) is 0 Å². The number of alkyl halides is 3. The number of ether oxygens (including phenoxy) is 1. The van der Waals surface area contributed by atoms with Crippen LogP contribution in [0.4, 0.5) is 13.2 Å². The van der Waals surface area contributed by atoms with Gasteiger partial charge in [-0.2, -0.15) is 13.2 Å². The number of fused-ring (bicyclic) bond motifs is 2. The average molecular weight is 490 g/mol. The number of hydrogen-bond acceptors (Lipinski definition) is 4. The van der Waals surface area contributed by atoms with Crippen LogP contribution in [0.5, 0.6) is 5.75 Å². The van der Waals surface area contributed by atoms with E-state index in [4.69, 9.17) is 4.74 Å². The third-order valence-electron chi connectivity index (χ3n) is 7.53. The second-order valence-corrected chi connectivity index (χ2v) is 10.0. The number of hydrogen-bond donors (Lipinski definition) is 0. The van der Waals surface area contributed by atoms with Gasteiger partial charge in [-0.05, 0) is 88.3 Å². The molecule has 0 aromatic heterocycles. The molecule has 2 aromatic carbocycles. The molecule has 2 fully saturated rings. The van der Waals surface area contributed by atoms with Crippen LogP contribution in [0.3, 0.4) is 0 Å². The van der Waals surface area contributed by atoms with Gasteiger partial charge in [0.15, 0.2) is 0 Å². The molecule has 2 aliphatic heterocycles. The third-order valence-corrected chi connectivity index (χ3v) is 7.53. The Kier molecular flexibility index (Phi) is 7.16. The van der Waals surface area contributed by atoms with E-state index in [0.29, 0.717) is 18.7 Å². The van der Waals surface area contributed by atoms with E-state index < -0.39 is 11.7 Å². The summed E-state index contributed by atoms with van der Waals surface area (Å²) in [6, 6.07) is 9.24. The molecule has 1 amide bonds. The van der Waals surface area contributed by atoms with E-state index in [1.54, 1.807) is 0 Å². The van der Waals surface area contributed by atoms with Crippen molar-refractivity contribution < 1.29 is 22.7 Å². The zero-order valence-electron chi connectivity index (χ0n) is 21.0. The molecule has 2 heterocycles. The number of carbonyl (C=O) groups is 1. The van der Waals surface area contributed by atoms with E-state index in [1.807, 2.05) is 19.0 Å². The number of benzene rings is 2. The number of amides is 1. The number of piperazine rings is 1. The van der Waals surface area contributed by atoms with Crippen molar-refractivity contribution in [1.29, 1.82) is 0 Å². The van der Waals surface area contributed by atoms with E-state index in [0.717, 1.165) is 43.0 Å². The van der Waals surface area contributed by atoms with Gasteiger partial charge in [-0.15, -0.1) is 0 Å². The van der Waals surface area contributed by atoms with E-state index in [1.165, 1.54) is 23.3 Å². The van der Waals surface area contributed by atoms with E-state index in [-0.39, 0.29) is 24.0 Å². The second-order valence-electron chi connectivity index (χ2n) is 10.0. The number of carbonyl (C=O) groups excluding carboxylic acids is 1. The first-order valence-corrected chi connectivity index (χ1v) is 12.1. The molecule has 0 N–H and O–H groups in total. The van der Waals surface area contributed by atoms with Gasteiger partial charge in [0.05, 0.1) is 5.56 Å². The highest BCUT2D eigenvalue weighted by molar-refractivity contribution is 5.94. The third kappa shape index (κ3) is 5.19. The Morgan fingerprint density at radius 1 is 1.06 bits per heavy atom. The lowest BCUT2D eigenvalue weighted by molar-refractivity contribution is -0.137. The van der Waals surface area contributed by atoms with E-state index in [9.17, 15) is 18.0 Å². The highest BCUT2D eigenvalue weighted by atomic mass is 19.4. The van der Waals surface area contributed by atoms with Crippen LogP contribution in [0, 0.1) is 13.8 Å². The largest absolute Gasteiger partial charge is 0.492 e. The highest BCUT2D eigenvalue weighted by Gasteiger charge is 2.47. The molecule has 3 atom stereocenters. The lowest BCUT2D eigenvalue weighted by Gasteiger charge is -2.38. The van der Waals surface area contributed by atoms with Crippen molar-refractivity contribution in [1.82, 2.24) is 14.7 Å². The van der Waals surface area contributed by atoms with Gasteiger partial charge < -0.3 is 14.5 Å². The maximum absolute atomic E-state index is 13.0. The Bertz CT molecular complexity index is 1070. The van der Waals surface area contributed by atoms with Crippen LogP contribution in [-0.2, 0) is 6.18 Å². The molecule has 2 aliphatic rings. The van der Waals surface area contributed by atoms with Crippen molar-refractivity contribution in [3.8, 4) is 5.75 Å². The van der Waals surface area contributed by atoms with Gasteiger partial charge in [0, 0.05) is 43.3 Å². The molecular formula is C27H34F3N3O2. The smallest absolute Gasteiger partial charge is 0.416 e. The van der Waals surface area contributed by atoms with Gasteiger partial charge in [-0.1, -0.05) is 6.07 Å². The monoisotopic (exact) mass is 489 g/mol. The van der Waals surface area contributed by atoms with Crippen molar-refractivity contribution in [2.75, 3.05) is 40.3 Å². The summed E-state index contributed by atoms with van der Waals surface area (Å²) in [6.07, 6.45) is -3.52. The normalized spacial score (nSPS) is 21.1. The minimum atomic E-state index is -4.40. The van der Waals surface area contributed by atoms with Gasteiger partial charge in [0.2, 0.25) is 0 Å². The SMILES string of the molecule is Cc1c(OCCN(C)C)ccc(C(C)N2C[C@@H]3C[C@H]2CN3C(=O)c2ccc(C(F)(F)F)cc2)c1C. The maximum atomic E-state index is 13.0. The Balaban J connectivity index is 1.41. The summed E-state index contributed by atoms with van der Waals surface area (Å²) < 4.78 is 44.5. The van der Waals surface area contributed by atoms with Crippen LogP contribution in [0.2, 0.25) is 0 Å². The number of likely N-dealkylation sites (N-methyl/N-ethyl adjacent to an activating group) is 1. The van der Waals surface area contributed by atoms with E-state index in [2.05, 4.69) is 42.7 Å². The average Bonchev–Trinajstić information content (AvgIpc) is 3.41. The second kappa shape index (κ2) is 9.82. The molecule has 8 heteroatoms. The fourth-order valence-electron chi connectivity index (χ4n) is 5.33. The first-order valence-electron chi connectivity index (χ1n) is 12.1. The van der Waals surface area contributed by atoms with Crippen molar-refractivity contribution >= 4 is 5.91 Å². The molecular weight excluding hydrogens is 455 g/mol. The Labute approximate surface area is 205 Å². The van der Waals surface area contributed by atoms with Crippen molar-refractivity contribution in [2.45, 2.75) is 51.5 Å². The summed E-state index contributed by atoms with van der Waals surface area (Å²) in [7, 11) is 4.04. The molecule has 2 bridgehead atoms. The van der Waals surface area contributed by atoms with Gasteiger partial charge in [-0.3, -0.25) is 9.69 Å². The minimum Gasteiger partial charge on any atom is -0.492 e. The number of nitrogens with zero attached hydrogens (tertiary/aromatic N) is 3. The van der Waals surface area contributed by atoms with Gasteiger partial charge in [0.1, 0.15) is 12.4 Å². The molecule has 190 valence electrons. The number of halogens is 3. The van der Waals surface area contributed by atoms with Crippen molar-refractivity contribution in [2.24, 2.45) is 0 Å². The Morgan fingerprint density at radius 2 is 1.74 bits per heavy atom. The Morgan fingerprint density at radius 3 is 2.31 bits per heavy atom. The molecule has 4 rings (SSSR count). The lowest BCUT2D eigenvalue weighted by Crippen LogP contribution is -2.49. The summed E-state index contributed by atoms with van der Waals surface area (Å²) in [5, 5.41) is 0. The zero-order chi connectivity index (χ0) is 25.5. The van der Waals surface area contributed by atoms with Crippen LogP contribution >= 0.6 is 0 Å². The lowest BCUT2D eigenvalue weighted by atomic mass is 9.96. The molecule has 0 saturated carbocycles. The minimum absolute atomic E-state index is 0.0762. The molecule has 0 radical (unpaired) electrons. The van der Waals surface area contributed by atoms with Crippen LogP contribution in [-0.4, -0.2) is 73.0 Å². The standard InChI is InChI=1S/C27H34F3N3O2/c1-17-18(2)25(35-13-12-31(4)5)11-10-24(17)19(3)32-15-23-14-22(32)16-33(23)26(34)20-6-8-21(9-7-20)27(28,29)30/h6-11,19,22-23H,12-16H2,1-5H3/t19?,22-,23-/m0/s1. The molecule has 0 aliphatic carbocycles. The Hall–Kier alpha value is -2.58. The van der Waals surface area contributed by atoms with Gasteiger partial charge >= 0.3 is 6.18 Å². The topological polar surface area (TPSA) is 36.0 Å². The van der Waals surface area contributed by atoms with Crippen LogP contribution in [0.1, 0.15) is 52.0 Å². The summed E-state index contributed by atoms with van der Waals surface area (Å²) in [5.41, 5.74) is 3.20. The van der Waals surface area contributed by atoms with Crippen LogP contribution < -0.4 is 4.74 Å². The summed E-state index contributed by atoms with van der Waals surface area (Å²) in [6.45, 7) is 9.29. The molecule has 5 nitrogen and oxygen atoms in total. The number of rotatable bonds is 7. The first kappa shape index (κ1) is 25.5. The van der Waals surface area contributed by atoms with E-state index >= 15 is 0 Å². The quantitative estimate of drug-likeness (QED) is 0.553. The number of likely N-dealkylation sites (tertiary alicyclic amines) is 2. The summed E-state index contributed by atoms with van der Waals surface area (Å²) >= 11 is 0. The summed E-state index contributed by atoms with van der Waals surface area (Å²) in [5.74, 6) is 0.723. The van der Waals surface area contributed by atoms with Crippen LogP contribution in [0.15, 0.2) is 36.4 Å². The predicted octanol–water partition coefficient (Wildman–Crippen LogP) is 4.92. The fourth-order valence-corrected chi connectivity index (χ4v) is 5.33. The maximum Gasteiger partial charge on any atom is 0.416 e. The molecule has 1 unspecified atom stereocenters. The molecule has 2 saturated heterocycles. The molecule has 2 aromatic rings. The fraction of sp³-hybridized carbons (Fsp3) is 0.519. The molecule has 0 spiro atoms. The first-order chi connectivity index (χ1) is 16.5. The van der Waals surface area contributed by atoms with Gasteiger partial charge in [0.25, 0.3) is 5.91 Å². The highest BCUT2D eigenvalue weighted by Crippen LogP contribution is 2.39. The van der Waals surface area contributed by atoms with Gasteiger partial charge in [-0.25, -0.2) is 0 Å².